The van der Waals surface area contributed by atoms with E-state index in [4.69, 9.17) is 4.74 Å². The maximum Gasteiger partial charge on any atom is 0.268 e. The number of rotatable bonds is 5. The number of aromatic hydroxyl groups is 1. The summed E-state index contributed by atoms with van der Waals surface area (Å²) in [6.45, 7) is 3.82. The Bertz CT molecular complexity index is 965. The molecule has 0 atom stereocenters. The number of hydrogen-bond acceptors (Lipinski definition) is 6. The summed E-state index contributed by atoms with van der Waals surface area (Å²) in [6, 6.07) is 3.10. The molecule has 1 saturated heterocycles. The first-order valence-corrected chi connectivity index (χ1v) is 10.5. The summed E-state index contributed by atoms with van der Waals surface area (Å²) in [5.74, 6) is -0.979. The first kappa shape index (κ1) is 20.7. The highest BCUT2D eigenvalue weighted by Crippen LogP contribution is 2.26. The van der Waals surface area contributed by atoms with E-state index >= 15 is 0 Å². The standard InChI is InChI=1S/C21H27FN4O4/c22-14-3-5-15(6-4-14)24-20(28)17-18(27)16-2-1-7-23-19(16)26(21(17)29)9-8-25-10-12-30-13-11-25/h1-2,7,14-15,27H,3-6,8-13H2,(H,24,28)/t14-,15+. The van der Waals surface area contributed by atoms with Gasteiger partial charge < -0.3 is 15.2 Å². The minimum Gasteiger partial charge on any atom is -0.506 e. The molecule has 2 fully saturated rings. The number of morpholine rings is 1. The van der Waals surface area contributed by atoms with Gasteiger partial charge in [-0.1, -0.05) is 0 Å². The predicted molar refractivity (Wildman–Crippen MR) is 110 cm³/mol. The van der Waals surface area contributed by atoms with Crippen LogP contribution in [0.15, 0.2) is 23.1 Å². The van der Waals surface area contributed by atoms with Crippen LogP contribution in [0.25, 0.3) is 11.0 Å². The second-order valence-corrected chi connectivity index (χ2v) is 7.93. The van der Waals surface area contributed by atoms with Gasteiger partial charge in [0.05, 0.1) is 18.6 Å². The largest absolute Gasteiger partial charge is 0.506 e. The van der Waals surface area contributed by atoms with Gasteiger partial charge in [0, 0.05) is 38.4 Å². The lowest BCUT2D eigenvalue weighted by molar-refractivity contribution is 0.0364. The molecular weight excluding hydrogens is 391 g/mol. The number of nitrogens with zero attached hydrogens (tertiary/aromatic N) is 3. The van der Waals surface area contributed by atoms with Crippen LogP contribution >= 0.6 is 0 Å². The van der Waals surface area contributed by atoms with Gasteiger partial charge >= 0.3 is 0 Å². The summed E-state index contributed by atoms with van der Waals surface area (Å²) in [5, 5.41) is 13.9. The van der Waals surface area contributed by atoms with E-state index in [0.717, 1.165) is 13.1 Å². The number of nitrogens with one attached hydrogen (secondary N) is 1. The molecule has 1 aliphatic heterocycles. The van der Waals surface area contributed by atoms with E-state index in [1.54, 1.807) is 18.3 Å². The molecule has 0 bridgehead atoms. The van der Waals surface area contributed by atoms with Gasteiger partial charge in [0.25, 0.3) is 11.5 Å². The van der Waals surface area contributed by atoms with Crippen molar-refractivity contribution in [3.05, 3.63) is 34.2 Å². The van der Waals surface area contributed by atoms with E-state index in [1.807, 2.05) is 0 Å². The Morgan fingerprint density at radius 3 is 2.70 bits per heavy atom. The van der Waals surface area contributed by atoms with Crippen LogP contribution in [0.4, 0.5) is 4.39 Å². The van der Waals surface area contributed by atoms with Crippen LogP contribution in [0.1, 0.15) is 36.0 Å². The third-order valence-electron chi connectivity index (χ3n) is 5.96. The molecule has 162 valence electrons. The van der Waals surface area contributed by atoms with Crippen molar-refractivity contribution in [2.24, 2.45) is 0 Å². The van der Waals surface area contributed by atoms with Gasteiger partial charge in [-0.05, 0) is 37.8 Å². The molecule has 9 heteroatoms. The third-order valence-corrected chi connectivity index (χ3v) is 5.96. The van der Waals surface area contributed by atoms with Gasteiger partial charge in [-0.2, -0.15) is 0 Å². The lowest BCUT2D eigenvalue weighted by atomic mass is 9.94. The molecule has 0 aromatic carbocycles. The highest BCUT2D eigenvalue weighted by molar-refractivity contribution is 6.01. The molecule has 2 aromatic heterocycles. The van der Waals surface area contributed by atoms with Crippen LogP contribution in [-0.2, 0) is 11.3 Å². The quantitative estimate of drug-likeness (QED) is 0.763. The van der Waals surface area contributed by atoms with Crippen molar-refractivity contribution in [2.75, 3.05) is 32.8 Å². The molecule has 2 N–H and O–H groups in total. The zero-order chi connectivity index (χ0) is 21.1. The van der Waals surface area contributed by atoms with E-state index in [2.05, 4.69) is 15.2 Å². The molecule has 0 spiro atoms. The molecule has 3 heterocycles. The first-order chi connectivity index (χ1) is 14.5. The zero-order valence-corrected chi connectivity index (χ0v) is 16.8. The zero-order valence-electron chi connectivity index (χ0n) is 16.8. The molecule has 2 aliphatic rings. The Labute approximate surface area is 173 Å². The number of aromatic nitrogens is 2. The Morgan fingerprint density at radius 2 is 1.97 bits per heavy atom. The Morgan fingerprint density at radius 1 is 1.23 bits per heavy atom. The Hall–Kier alpha value is -2.52. The SMILES string of the molecule is O=C(N[C@H]1CC[C@@H](F)CC1)c1c(O)c2cccnc2n(CCN2CCOCC2)c1=O. The van der Waals surface area contributed by atoms with E-state index in [-0.39, 0.29) is 17.4 Å². The fourth-order valence-corrected chi connectivity index (χ4v) is 4.20. The first-order valence-electron chi connectivity index (χ1n) is 10.5. The maximum absolute atomic E-state index is 13.4. The number of hydrogen-bond donors (Lipinski definition) is 2. The van der Waals surface area contributed by atoms with E-state index in [1.165, 1.54) is 4.57 Å². The Balaban J connectivity index is 1.63. The van der Waals surface area contributed by atoms with Crippen LogP contribution in [-0.4, -0.2) is 70.5 Å². The number of pyridine rings is 2. The summed E-state index contributed by atoms with van der Waals surface area (Å²) in [7, 11) is 0. The average Bonchev–Trinajstić information content (AvgIpc) is 2.76. The van der Waals surface area contributed by atoms with E-state index in [0.29, 0.717) is 63.0 Å². The second kappa shape index (κ2) is 9.09. The van der Waals surface area contributed by atoms with Gasteiger partial charge in [0.15, 0.2) is 0 Å². The average molecular weight is 418 g/mol. The Kier molecular flexibility index (Phi) is 6.29. The van der Waals surface area contributed by atoms with Gasteiger partial charge in [-0.3, -0.25) is 19.1 Å². The highest BCUT2D eigenvalue weighted by atomic mass is 19.1. The van der Waals surface area contributed by atoms with E-state index in [9.17, 15) is 19.1 Å². The van der Waals surface area contributed by atoms with Crippen molar-refractivity contribution in [1.29, 1.82) is 0 Å². The predicted octanol–water partition coefficient (Wildman–Crippen LogP) is 1.44. The number of amides is 1. The minimum absolute atomic E-state index is 0.199. The van der Waals surface area contributed by atoms with Crippen LogP contribution < -0.4 is 10.9 Å². The monoisotopic (exact) mass is 418 g/mol. The lowest BCUT2D eigenvalue weighted by Gasteiger charge is -2.27. The molecule has 1 amide bonds. The minimum atomic E-state index is -0.837. The molecule has 4 rings (SSSR count). The fraction of sp³-hybridized carbons (Fsp3) is 0.571. The molecule has 0 radical (unpaired) electrons. The second-order valence-electron chi connectivity index (χ2n) is 7.93. The number of carbonyl (C=O) groups is 1. The molecule has 2 aromatic rings. The van der Waals surface area contributed by atoms with Gasteiger partial charge in [-0.15, -0.1) is 0 Å². The van der Waals surface area contributed by atoms with Gasteiger partial charge in [0.1, 0.15) is 23.1 Å². The molecular formula is C21H27FN4O4. The van der Waals surface area contributed by atoms with Crippen LogP contribution in [0, 0.1) is 0 Å². The number of alkyl halides is 1. The normalized spacial score (nSPS) is 22.8. The summed E-state index contributed by atoms with van der Waals surface area (Å²) < 4.78 is 20.2. The highest BCUT2D eigenvalue weighted by Gasteiger charge is 2.27. The van der Waals surface area contributed by atoms with Crippen molar-refractivity contribution < 1.29 is 19.0 Å². The summed E-state index contributed by atoms with van der Waals surface area (Å²) in [5.41, 5.74) is -0.494. The third kappa shape index (κ3) is 4.32. The molecule has 0 unspecified atom stereocenters. The smallest absolute Gasteiger partial charge is 0.268 e. The van der Waals surface area contributed by atoms with Gasteiger partial charge in [0.2, 0.25) is 0 Å². The number of carbonyl (C=O) groups excluding carboxylic acids is 1. The molecule has 8 nitrogen and oxygen atoms in total. The van der Waals surface area contributed by atoms with Crippen molar-refractivity contribution in [3.63, 3.8) is 0 Å². The number of ether oxygens (including phenoxy) is 1. The molecule has 30 heavy (non-hydrogen) atoms. The van der Waals surface area contributed by atoms with Crippen LogP contribution in [0.2, 0.25) is 0 Å². The molecule has 1 saturated carbocycles. The van der Waals surface area contributed by atoms with Crippen molar-refractivity contribution in [3.8, 4) is 5.75 Å². The van der Waals surface area contributed by atoms with Crippen molar-refractivity contribution in [1.82, 2.24) is 19.8 Å². The maximum atomic E-state index is 13.4. The number of halogens is 1. The van der Waals surface area contributed by atoms with Crippen LogP contribution in [0.3, 0.4) is 0 Å². The summed E-state index contributed by atoms with van der Waals surface area (Å²) in [6.07, 6.45) is 2.55. The topological polar surface area (TPSA) is 96.7 Å². The van der Waals surface area contributed by atoms with Crippen molar-refractivity contribution >= 4 is 16.9 Å². The van der Waals surface area contributed by atoms with Crippen LogP contribution in [0.5, 0.6) is 5.75 Å². The summed E-state index contributed by atoms with van der Waals surface area (Å²) >= 11 is 0. The van der Waals surface area contributed by atoms with Crippen molar-refractivity contribution in [2.45, 2.75) is 44.4 Å². The molecule has 1 aliphatic carbocycles. The van der Waals surface area contributed by atoms with Gasteiger partial charge in [-0.25, -0.2) is 9.37 Å². The van der Waals surface area contributed by atoms with E-state index < -0.39 is 17.6 Å². The summed E-state index contributed by atoms with van der Waals surface area (Å²) in [4.78, 5) is 32.6. The fourth-order valence-electron chi connectivity index (χ4n) is 4.20. The lowest BCUT2D eigenvalue weighted by Crippen LogP contribution is -2.42. The number of fused-ring (bicyclic) bond motifs is 1.